The molecule has 130 valence electrons. The Hall–Kier alpha value is -1.96. The van der Waals surface area contributed by atoms with Crippen molar-refractivity contribution in [2.45, 2.75) is 65.9 Å². The third-order valence-corrected chi connectivity index (χ3v) is 4.50. The fraction of sp³-hybridized carbons (Fsp3) is 0.455. The van der Waals surface area contributed by atoms with Gasteiger partial charge in [-0.25, -0.2) is 0 Å². The van der Waals surface area contributed by atoms with E-state index in [4.69, 9.17) is 4.74 Å². The van der Waals surface area contributed by atoms with Gasteiger partial charge in [-0.15, -0.1) is 0 Å². The van der Waals surface area contributed by atoms with Crippen LogP contribution in [0.25, 0.3) is 6.08 Å². The van der Waals surface area contributed by atoms with Crippen molar-refractivity contribution >= 4 is 6.08 Å². The average molecular weight is 326 g/mol. The Kier molecular flexibility index (Phi) is 5.93. The molecule has 1 aliphatic rings. The van der Waals surface area contributed by atoms with Crippen LogP contribution in [-0.4, -0.2) is 10.7 Å². The molecule has 0 fully saturated rings. The van der Waals surface area contributed by atoms with Gasteiger partial charge in [0.25, 0.3) is 0 Å². The first-order valence-corrected chi connectivity index (χ1v) is 8.80. The lowest BCUT2D eigenvalue weighted by Gasteiger charge is -2.32. The minimum absolute atomic E-state index is 0.263. The van der Waals surface area contributed by atoms with Crippen molar-refractivity contribution in [3.63, 3.8) is 0 Å². The Morgan fingerprint density at radius 1 is 1.17 bits per heavy atom. The fourth-order valence-electron chi connectivity index (χ4n) is 3.02. The van der Waals surface area contributed by atoms with Crippen LogP contribution in [0.2, 0.25) is 0 Å². The highest BCUT2D eigenvalue weighted by molar-refractivity contribution is 5.65. The molecule has 0 aromatic heterocycles. The van der Waals surface area contributed by atoms with Crippen molar-refractivity contribution in [1.82, 2.24) is 0 Å². The summed E-state index contributed by atoms with van der Waals surface area (Å²) < 4.78 is 6.19. The number of allylic oxidation sites excluding steroid dienone is 4. The zero-order chi connectivity index (χ0) is 17.7. The van der Waals surface area contributed by atoms with E-state index in [1.54, 1.807) is 12.1 Å². The molecule has 0 aliphatic carbocycles. The third-order valence-electron chi connectivity index (χ3n) is 4.50. The highest BCUT2D eigenvalue weighted by atomic mass is 16.5. The number of aryl methyl sites for hydroxylation is 1. The lowest BCUT2D eigenvalue weighted by Crippen LogP contribution is -2.31. The highest BCUT2D eigenvalue weighted by Gasteiger charge is 2.27. The molecule has 0 amide bonds. The van der Waals surface area contributed by atoms with Crippen LogP contribution in [-0.2, 0) is 0 Å². The summed E-state index contributed by atoms with van der Waals surface area (Å²) in [6, 6.07) is 3.48. The number of rotatable bonds is 6. The maximum atomic E-state index is 9.79. The van der Waals surface area contributed by atoms with Crippen LogP contribution in [0.1, 0.15) is 64.5 Å². The van der Waals surface area contributed by atoms with Gasteiger partial charge in [-0.05, 0) is 78.0 Å². The second-order valence-corrected chi connectivity index (χ2v) is 7.33. The topological polar surface area (TPSA) is 29.5 Å². The Morgan fingerprint density at radius 3 is 2.62 bits per heavy atom. The number of benzene rings is 1. The number of hydrogen-bond donors (Lipinski definition) is 1. The fourth-order valence-corrected chi connectivity index (χ4v) is 3.02. The second-order valence-electron chi connectivity index (χ2n) is 7.33. The van der Waals surface area contributed by atoms with E-state index in [0.717, 1.165) is 42.6 Å². The van der Waals surface area contributed by atoms with Crippen molar-refractivity contribution in [3.8, 4) is 11.5 Å². The van der Waals surface area contributed by atoms with Crippen LogP contribution in [0.3, 0.4) is 0 Å². The van der Waals surface area contributed by atoms with E-state index in [9.17, 15) is 5.11 Å². The number of phenols is 1. The molecule has 2 nitrogen and oxygen atoms in total. The molecule has 2 heteroatoms. The quantitative estimate of drug-likeness (QED) is 0.618. The third kappa shape index (κ3) is 5.02. The second kappa shape index (κ2) is 7.74. The van der Waals surface area contributed by atoms with Crippen molar-refractivity contribution in [2.75, 3.05) is 0 Å². The lowest BCUT2D eigenvalue weighted by atomic mass is 9.93. The van der Waals surface area contributed by atoms with Crippen LogP contribution in [0.15, 0.2) is 41.5 Å². The summed E-state index contributed by atoms with van der Waals surface area (Å²) in [4.78, 5) is 0. The van der Waals surface area contributed by atoms with Crippen LogP contribution in [0, 0.1) is 6.92 Å². The molecule has 0 spiro atoms. The van der Waals surface area contributed by atoms with E-state index >= 15 is 0 Å². The first-order chi connectivity index (χ1) is 11.3. The molecule has 1 atom stereocenters. The molecule has 1 aliphatic heterocycles. The van der Waals surface area contributed by atoms with E-state index in [-0.39, 0.29) is 11.4 Å². The van der Waals surface area contributed by atoms with Crippen LogP contribution in [0.4, 0.5) is 0 Å². The number of ether oxygens (including phenoxy) is 1. The van der Waals surface area contributed by atoms with Gasteiger partial charge < -0.3 is 9.84 Å². The van der Waals surface area contributed by atoms with E-state index in [0.29, 0.717) is 0 Å². The van der Waals surface area contributed by atoms with Crippen molar-refractivity contribution in [1.29, 1.82) is 0 Å². The summed E-state index contributed by atoms with van der Waals surface area (Å²) in [5.41, 5.74) is 4.61. The first-order valence-electron chi connectivity index (χ1n) is 8.80. The molecular formula is C22H30O2. The summed E-state index contributed by atoms with van der Waals surface area (Å²) in [7, 11) is 0. The Balaban J connectivity index is 1.95. The summed E-state index contributed by atoms with van der Waals surface area (Å²) in [5, 5.41) is 9.79. The molecule has 1 unspecified atom stereocenters. The largest absolute Gasteiger partial charge is 0.508 e. The van der Waals surface area contributed by atoms with E-state index < -0.39 is 0 Å². The smallest absolute Gasteiger partial charge is 0.131 e. The predicted molar refractivity (Wildman–Crippen MR) is 103 cm³/mol. The van der Waals surface area contributed by atoms with Crippen LogP contribution >= 0.6 is 0 Å². The molecule has 0 saturated carbocycles. The molecule has 1 heterocycles. The Bertz CT molecular complexity index is 675. The normalized spacial score (nSPS) is 19.6. The molecular weight excluding hydrogens is 296 g/mol. The van der Waals surface area contributed by atoms with Crippen molar-refractivity contribution in [3.05, 3.63) is 52.6 Å². The zero-order valence-electron chi connectivity index (χ0n) is 15.6. The number of fused-ring (bicyclic) bond motifs is 1. The van der Waals surface area contributed by atoms with E-state index in [2.05, 4.69) is 52.0 Å². The van der Waals surface area contributed by atoms with Gasteiger partial charge in [-0.1, -0.05) is 29.4 Å². The van der Waals surface area contributed by atoms with E-state index in [1.165, 1.54) is 11.1 Å². The molecule has 0 saturated heterocycles. The monoisotopic (exact) mass is 326 g/mol. The van der Waals surface area contributed by atoms with Gasteiger partial charge in [0.2, 0.25) is 0 Å². The Labute approximate surface area is 146 Å². The van der Waals surface area contributed by atoms with Gasteiger partial charge in [-0.2, -0.15) is 0 Å². The van der Waals surface area contributed by atoms with Crippen LogP contribution in [0.5, 0.6) is 11.5 Å². The Morgan fingerprint density at radius 2 is 1.92 bits per heavy atom. The number of phenolic OH excluding ortho intramolecular Hbond substituents is 1. The van der Waals surface area contributed by atoms with Gasteiger partial charge in [0.15, 0.2) is 0 Å². The van der Waals surface area contributed by atoms with Gasteiger partial charge >= 0.3 is 0 Å². The molecule has 1 aromatic rings. The summed E-state index contributed by atoms with van der Waals surface area (Å²) in [5.74, 6) is 1.04. The maximum Gasteiger partial charge on any atom is 0.131 e. The molecule has 1 aromatic carbocycles. The first kappa shape index (κ1) is 18.4. The van der Waals surface area contributed by atoms with Crippen LogP contribution < -0.4 is 4.74 Å². The van der Waals surface area contributed by atoms with Gasteiger partial charge in [0.05, 0.1) is 0 Å². The maximum absolute atomic E-state index is 9.79. The van der Waals surface area contributed by atoms with Gasteiger partial charge in [-0.3, -0.25) is 0 Å². The molecule has 2 rings (SSSR count). The van der Waals surface area contributed by atoms with Crippen molar-refractivity contribution < 1.29 is 9.84 Å². The zero-order valence-corrected chi connectivity index (χ0v) is 15.6. The number of aromatic hydroxyl groups is 1. The van der Waals surface area contributed by atoms with Crippen molar-refractivity contribution in [2.24, 2.45) is 0 Å². The summed E-state index contributed by atoms with van der Waals surface area (Å²) >= 11 is 0. The molecule has 0 bridgehead atoms. The minimum atomic E-state index is -0.316. The van der Waals surface area contributed by atoms with Gasteiger partial charge in [0, 0.05) is 11.6 Å². The van der Waals surface area contributed by atoms with Gasteiger partial charge in [0.1, 0.15) is 17.1 Å². The molecule has 24 heavy (non-hydrogen) atoms. The molecule has 1 N–H and O–H groups in total. The lowest BCUT2D eigenvalue weighted by molar-refractivity contribution is 0.128. The highest BCUT2D eigenvalue weighted by Crippen LogP contribution is 2.37. The minimum Gasteiger partial charge on any atom is -0.508 e. The summed E-state index contributed by atoms with van der Waals surface area (Å²) in [6.07, 6.45) is 13.0. The summed E-state index contributed by atoms with van der Waals surface area (Å²) in [6.45, 7) is 10.6. The number of hydrogen-bond acceptors (Lipinski definition) is 2. The van der Waals surface area contributed by atoms with E-state index in [1.807, 2.05) is 6.92 Å². The SMILES string of the molecule is CC(C)=CCC/C(C)=C/CCC1(C)C=Cc2c(C)cc(O)cc2O1. The molecule has 0 radical (unpaired) electrons. The standard InChI is InChI=1S/C22H30O2/c1-16(2)8-6-9-17(3)10-7-12-22(5)13-11-20-18(4)14-19(23)15-21(20)24-22/h8,10-11,13-15,23H,6-7,9,12H2,1-5H3/b17-10+. The average Bonchev–Trinajstić information content (AvgIpc) is 2.45. The predicted octanol–water partition coefficient (Wildman–Crippen LogP) is 6.34.